The van der Waals surface area contributed by atoms with Crippen LogP contribution in [0.2, 0.25) is 0 Å². The average Bonchev–Trinajstić information content (AvgIpc) is 3.89. The van der Waals surface area contributed by atoms with E-state index in [-0.39, 0.29) is 0 Å². The fourth-order valence-electron chi connectivity index (χ4n) is 6.50. The summed E-state index contributed by atoms with van der Waals surface area (Å²) in [6.45, 7) is 5.29. The Kier molecular flexibility index (Phi) is 14.5. The zero-order valence-corrected chi connectivity index (χ0v) is 37.0. The molecule has 6 aromatic carbocycles. The number of hydrogen-bond acceptors (Lipinski definition) is 6. The summed E-state index contributed by atoms with van der Waals surface area (Å²) in [6, 6.07) is 52.8. The van der Waals surface area contributed by atoms with Crippen LogP contribution in [0.3, 0.4) is 0 Å². The highest BCUT2D eigenvalue weighted by Crippen LogP contribution is 2.19. The number of aryl methyl sites for hydroxylation is 2. The molecule has 8 aromatic rings. The van der Waals surface area contributed by atoms with Crippen molar-refractivity contribution in [2.24, 2.45) is 0 Å². The Balaban J connectivity index is 0.000000191. The van der Waals surface area contributed by atoms with E-state index in [0.717, 1.165) is 44.8 Å². The van der Waals surface area contributed by atoms with Gasteiger partial charge in [-0.15, -0.1) is 10.2 Å². The van der Waals surface area contributed by atoms with Crippen molar-refractivity contribution in [1.82, 2.24) is 30.0 Å². The predicted molar refractivity (Wildman–Crippen MR) is 259 cm³/mol. The molecule has 0 aliphatic heterocycles. The van der Waals surface area contributed by atoms with Crippen LogP contribution < -0.4 is 9.80 Å². The molecule has 8 heteroatoms. The second-order valence-electron chi connectivity index (χ2n) is 15.4. The lowest BCUT2D eigenvalue weighted by Crippen LogP contribution is -2.10. The number of benzene rings is 6. The first-order valence-electron chi connectivity index (χ1n) is 20.9. The molecule has 0 unspecified atom stereocenters. The summed E-state index contributed by atoms with van der Waals surface area (Å²) in [7, 11) is 8.06. The van der Waals surface area contributed by atoms with Gasteiger partial charge in [0.05, 0.1) is 24.5 Å². The molecule has 64 heavy (non-hydrogen) atoms. The molecule has 8 rings (SSSR count). The van der Waals surface area contributed by atoms with Gasteiger partial charge in [0.2, 0.25) is 0 Å². The van der Waals surface area contributed by atoms with Crippen LogP contribution in [0, 0.1) is 61.2 Å². The van der Waals surface area contributed by atoms with Gasteiger partial charge < -0.3 is 9.80 Å². The molecule has 0 spiro atoms. The quantitative estimate of drug-likeness (QED) is 0.156. The van der Waals surface area contributed by atoms with E-state index in [1.54, 1.807) is 0 Å². The Labute approximate surface area is 377 Å². The summed E-state index contributed by atoms with van der Waals surface area (Å²) in [5, 5.41) is 17.4. The van der Waals surface area contributed by atoms with Gasteiger partial charge in [-0.05, 0) is 97.2 Å². The molecule has 0 radical (unpaired) electrons. The van der Waals surface area contributed by atoms with Gasteiger partial charge in [0.1, 0.15) is 11.4 Å². The Morgan fingerprint density at radius 1 is 0.391 bits per heavy atom. The van der Waals surface area contributed by atoms with Crippen molar-refractivity contribution in [2.75, 3.05) is 38.0 Å². The molecule has 0 aliphatic rings. The first kappa shape index (κ1) is 43.5. The van der Waals surface area contributed by atoms with Crippen molar-refractivity contribution in [1.29, 1.82) is 0 Å². The third-order valence-corrected chi connectivity index (χ3v) is 9.98. The molecular weight excluding hydrogens is 785 g/mol. The van der Waals surface area contributed by atoms with Crippen molar-refractivity contribution < 1.29 is 0 Å². The Bertz CT molecular complexity index is 2860. The minimum atomic E-state index is 0.580. The zero-order valence-electron chi connectivity index (χ0n) is 37.0. The lowest BCUT2D eigenvalue weighted by molar-refractivity contribution is 0.643. The third-order valence-electron chi connectivity index (χ3n) is 9.98. The summed E-state index contributed by atoms with van der Waals surface area (Å²) < 4.78 is 3.64. The molecule has 312 valence electrons. The van der Waals surface area contributed by atoms with Gasteiger partial charge in [0.25, 0.3) is 0 Å². The second-order valence-corrected chi connectivity index (χ2v) is 15.4. The first-order valence-corrected chi connectivity index (χ1v) is 20.9. The maximum atomic E-state index is 4.36. The molecule has 0 fully saturated rings. The van der Waals surface area contributed by atoms with Crippen molar-refractivity contribution >= 4 is 11.4 Å². The van der Waals surface area contributed by atoms with Gasteiger partial charge in [0, 0.05) is 50.4 Å². The summed E-state index contributed by atoms with van der Waals surface area (Å²) >= 11 is 0. The van der Waals surface area contributed by atoms with Gasteiger partial charge in [-0.3, -0.25) is 0 Å². The van der Waals surface area contributed by atoms with Crippen molar-refractivity contribution in [3.63, 3.8) is 0 Å². The highest BCUT2D eigenvalue weighted by Gasteiger charge is 2.12. The number of rotatable bonds is 6. The van der Waals surface area contributed by atoms with E-state index in [4.69, 9.17) is 0 Å². The highest BCUT2D eigenvalue weighted by molar-refractivity contribution is 5.63. The largest absolute Gasteiger partial charge is 0.377 e. The summed E-state index contributed by atoms with van der Waals surface area (Å²) in [4.78, 5) is 4.11. The molecule has 0 bridgehead atoms. The summed E-state index contributed by atoms with van der Waals surface area (Å²) in [5.41, 5.74) is 13.1. The van der Waals surface area contributed by atoms with Gasteiger partial charge in [0.15, 0.2) is 11.4 Å². The third kappa shape index (κ3) is 11.8. The molecule has 0 atom stereocenters. The van der Waals surface area contributed by atoms with E-state index in [9.17, 15) is 0 Å². The molecule has 0 saturated carbocycles. The SMILES string of the molecule is Cc1ccc(C#Cc2nnn(Cc3ccccc3)c2C#Cc2ccccc2N(C)C)cc1.Cc1ccc(C#Cc2nnn(Cc3ccccc3)c2C#Cc2ccccc2N(C)C)cc1. The second kappa shape index (κ2) is 21.3. The van der Waals surface area contributed by atoms with Crippen LogP contribution in [0.5, 0.6) is 0 Å². The summed E-state index contributed by atoms with van der Waals surface area (Å²) in [6.07, 6.45) is 0. The van der Waals surface area contributed by atoms with Crippen molar-refractivity contribution in [3.05, 3.63) is 225 Å². The molecule has 2 aromatic heterocycles. The van der Waals surface area contributed by atoms with Crippen LogP contribution in [0.4, 0.5) is 11.4 Å². The van der Waals surface area contributed by atoms with E-state index < -0.39 is 0 Å². The lowest BCUT2D eigenvalue weighted by atomic mass is 10.1. The molecule has 0 aliphatic carbocycles. The summed E-state index contributed by atoms with van der Waals surface area (Å²) in [5.74, 6) is 25.9. The normalized spacial score (nSPS) is 9.97. The van der Waals surface area contributed by atoms with Crippen molar-refractivity contribution in [2.45, 2.75) is 26.9 Å². The first-order chi connectivity index (χ1) is 31.2. The molecule has 0 saturated heterocycles. The zero-order chi connectivity index (χ0) is 44.7. The van der Waals surface area contributed by atoms with E-state index in [0.29, 0.717) is 35.9 Å². The Hall–Kier alpha value is -8.56. The highest BCUT2D eigenvalue weighted by atomic mass is 15.4. The Morgan fingerprint density at radius 2 is 0.750 bits per heavy atom. The van der Waals surface area contributed by atoms with E-state index in [1.165, 1.54) is 11.1 Å². The van der Waals surface area contributed by atoms with Gasteiger partial charge >= 0.3 is 0 Å². The number of nitrogens with zero attached hydrogens (tertiary/aromatic N) is 8. The van der Waals surface area contributed by atoms with E-state index in [2.05, 4.69) is 152 Å². The number of para-hydroxylation sites is 2. The van der Waals surface area contributed by atoms with Gasteiger partial charge in [-0.25, -0.2) is 9.36 Å². The lowest BCUT2D eigenvalue weighted by Gasteiger charge is -2.13. The number of anilines is 2. The standard InChI is InChI=1S/2C28H24N4/c2*1-22-13-15-23(16-14-22)17-19-26-28(20-18-25-11-7-8-12-27(25)31(2)3)32(30-29-26)21-24-9-5-4-6-10-24/h2*4-16H,21H2,1-3H3. The number of aromatic nitrogens is 6. The minimum absolute atomic E-state index is 0.580. The van der Waals surface area contributed by atoms with Crippen LogP contribution >= 0.6 is 0 Å². The van der Waals surface area contributed by atoms with E-state index in [1.807, 2.05) is 135 Å². The van der Waals surface area contributed by atoms with E-state index >= 15 is 0 Å². The van der Waals surface area contributed by atoms with Gasteiger partial charge in [-0.2, -0.15) is 0 Å². The monoisotopic (exact) mass is 832 g/mol. The maximum absolute atomic E-state index is 4.36. The van der Waals surface area contributed by atoms with Crippen LogP contribution in [-0.2, 0) is 13.1 Å². The van der Waals surface area contributed by atoms with Crippen LogP contribution in [0.15, 0.2) is 158 Å². The molecule has 8 nitrogen and oxygen atoms in total. The minimum Gasteiger partial charge on any atom is -0.377 e. The average molecular weight is 833 g/mol. The predicted octanol–water partition coefficient (Wildman–Crippen LogP) is 9.00. The molecular formula is C56H48N8. The fourth-order valence-corrected chi connectivity index (χ4v) is 6.50. The van der Waals surface area contributed by atoms with Crippen LogP contribution in [0.1, 0.15) is 67.3 Å². The smallest absolute Gasteiger partial charge is 0.171 e. The topological polar surface area (TPSA) is 67.9 Å². The van der Waals surface area contributed by atoms with Crippen LogP contribution in [-0.4, -0.2) is 58.2 Å². The maximum Gasteiger partial charge on any atom is 0.171 e. The van der Waals surface area contributed by atoms with Crippen LogP contribution in [0.25, 0.3) is 0 Å². The molecule has 2 heterocycles. The molecule has 0 amide bonds. The Morgan fingerprint density at radius 3 is 1.12 bits per heavy atom. The molecule has 0 N–H and O–H groups in total. The van der Waals surface area contributed by atoms with Gasteiger partial charge in [-0.1, -0.05) is 154 Å². The number of hydrogen-bond donors (Lipinski definition) is 0. The fraction of sp³-hybridized carbons (Fsp3) is 0.143. The van der Waals surface area contributed by atoms with Crippen molar-refractivity contribution in [3.8, 4) is 47.4 Å².